The molecular weight excluding hydrogens is 722 g/mol. The molecule has 12 nitrogen and oxygen atoms in total. The van der Waals surface area contributed by atoms with E-state index >= 15 is 0 Å². The third-order valence-corrected chi connectivity index (χ3v) is 10.3. The number of hydrogen-bond donors (Lipinski definition) is 2. The van der Waals surface area contributed by atoms with Gasteiger partial charge in [0.15, 0.2) is 5.56 Å². The summed E-state index contributed by atoms with van der Waals surface area (Å²) in [7, 11) is 4.63. The molecule has 2 saturated heterocycles. The molecule has 50 heavy (non-hydrogen) atoms. The van der Waals surface area contributed by atoms with Gasteiger partial charge in [0.1, 0.15) is 0 Å². The molecule has 3 aromatic heterocycles. The standard InChI is InChI=1S/C27H25Cl2N4O2.C8H7N4O2.Mn/c1-35-25-23-16(9-10-22(23)33-12-11-27(15-33)14-30-26(34)32-27)13-21(31-25)19-7-4-6-18(24(19)29)17-5-2-3-8-20(17)28;1-11-6-5(3-9-4-10-6)7(13)12(2)8(11)14;/h2-7,13,22H,9-12,14-15H2,1H3,(H2,30,32,34);4H,1-2H3;/q2*-1;+2. The van der Waals surface area contributed by atoms with E-state index in [1.54, 1.807) is 20.2 Å². The van der Waals surface area contributed by atoms with Gasteiger partial charge in [-0.3, -0.25) is 4.90 Å². The number of pyridine rings is 1. The van der Waals surface area contributed by atoms with Crippen LogP contribution in [0.25, 0.3) is 33.4 Å². The molecule has 2 fully saturated rings. The Morgan fingerprint density at radius 1 is 1.06 bits per heavy atom. The molecule has 2 unspecified atom stereocenters. The van der Waals surface area contributed by atoms with Crippen LogP contribution >= 0.6 is 23.2 Å². The first-order chi connectivity index (χ1) is 23.6. The van der Waals surface area contributed by atoms with Crippen molar-refractivity contribution in [1.29, 1.82) is 0 Å². The minimum atomic E-state index is -0.427. The maximum Gasteiger partial charge on any atom is 2.00 e. The summed E-state index contributed by atoms with van der Waals surface area (Å²) in [5.74, 6) is 0.641. The second-order valence-corrected chi connectivity index (χ2v) is 13.2. The van der Waals surface area contributed by atoms with Gasteiger partial charge in [0, 0.05) is 62.2 Å². The smallest absolute Gasteiger partial charge is 0.481 e. The van der Waals surface area contributed by atoms with Gasteiger partial charge in [-0.2, -0.15) is 24.3 Å². The number of ether oxygens (including phenoxy) is 1. The second kappa shape index (κ2) is 14.2. The van der Waals surface area contributed by atoms with Crippen LogP contribution in [-0.4, -0.2) is 67.3 Å². The Morgan fingerprint density at radius 2 is 1.84 bits per heavy atom. The molecule has 1 aliphatic carbocycles. The fourth-order valence-corrected chi connectivity index (χ4v) is 7.61. The number of aryl methyl sites for hydroxylation is 2. The molecule has 2 atom stereocenters. The molecule has 5 aromatic rings. The number of halogens is 2. The summed E-state index contributed by atoms with van der Waals surface area (Å²) in [4.78, 5) is 49.6. The first-order valence-corrected chi connectivity index (χ1v) is 16.5. The molecule has 257 valence electrons. The van der Waals surface area contributed by atoms with Crippen LogP contribution in [0.4, 0.5) is 4.79 Å². The number of likely N-dealkylation sites (tertiary alicyclic amines) is 1. The predicted octanol–water partition coefficient (Wildman–Crippen LogP) is 4.10. The van der Waals surface area contributed by atoms with Crippen LogP contribution < -0.4 is 26.6 Å². The number of amides is 2. The molecule has 2 aromatic carbocycles. The molecule has 5 heterocycles. The van der Waals surface area contributed by atoms with Crippen molar-refractivity contribution >= 4 is 40.3 Å². The van der Waals surface area contributed by atoms with Gasteiger partial charge >= 0.3 is 28.8 Å². The van der Waals surface area contributed by atoms with E-state index in [9.17, 15) is 14.4 Å². The normalized spacial score (nSPS) is 19.4. The van der Waals surface area contributed by atoms with Crippen LogP contribution in [0.15, 0.2) is 58.4 Å². The van der Waals surface area contributed by atoms with Crippen molar-refractivity contribution in [2.24, 2.45) is 14.1 Å². The zero-order valence-corrected chi connectivity index (χ0v) is 30.1. The van der Waals surface area contributed by atoms with Gasteiger partial charge in [-0.15, -0.1) is 17.2 Å². The van der Waals surface area contributed by atoms with Crippen LogP contribution in [0.5, 0.6) is 5.88 Å². The van der Waals surface area contributed by atoms with Crippen molar-refractivity contribution in [3.8, 4) is 28.3 Å². The SMILES string of the molecule is COc1nc(-c2cccc(-c3ccc[c-]c3Cl)c2Cl)cc2c1C(N1CCC3(CNC(=O)N3)C1)CC2.Cn1c(=O)c2[c-]ncnc2n(C)c1=O.[Mn+2]. The number of hydrogen-bond acceptors (Lipinski definition) is 8. The van der Waals surface area contributed by atoms with E-state index < -0.39 is 11.2 Å². The number of fused-ring (bicyclic) bond motifs is 2. The first-order valence-electron chi connectivity index (χ1n) is 15.7. The van der Waals surface area contributed by atoms with E-state index in [2.05, 4.69) is 43.8 Å². The number of nitrogens with zero attached hydrogens (tertiary/aromatic N) is 6. The molecule has 0 saturated carbocycles. The Hall–Kier alpha value is -4.26. The Morgan fingerprint density at radius 3 is 2.58 bits per heavy atom. The molecule has 1 radical (unpaired) electrons. The van der Waals surface area contributed by atoms with Gasteiger partial charge in [-0.25, -0.2) is 14.6 Å². The van der Waals surface area contributed by atoms with Crippen LogP contribution in [-0.2, 0) is 37.6 Å². The van der Waals surface area contributed by atoms with E-state index in [1.807, 2.05) is 30.3 Å². The number of aromatic nitrogens is 5. The van der Waals surface area contributed by atoms with Crippen molar-refractivity contribution in [2.75, 3.05) is 26.7 Å². The Balaban J connectivity index is 0.000000242. The summed E-state index contributed by atoms with van der Waals surface area (Å²) in [6.45, 7) is 2.43. The fraction of sp³-hybridized carbons (Fsp3) is 0.314. The molecule has 2 amide bonds. The number of benzene rings is 2. The van der Waals surface area contributed by atoms with Gasteiger partial charge in [0.2, 0.25) is 5.88 Å². The van der Waals surface area contributed by atoms with Crippen molar-refractivity contribution in [3.63, 3.8) is 0 Å². The maximum absolute atomic E-state index is 11.8. The number of rotatable bonds is 4. The van der Waals surface area contributed by atoms with Crippen LogP contribution in [0.3, 0.4) is 0 Å². The number of urea groups is 1. The summed E-state index contributed by atoms with van der Waals surface area (Å²) in [6, 6.07) is 16.9. The average molecular weight is 755 g/mol. The Kier molecular flexibility index (Phi) is 10.1. The Labute approximate surface area is 308 Å². The molecule has 0 bridgehead atoms. The van der Waals surface area contributed by atoms with Crippen molar-refractivity contribution in [3.05, 3.63) is 103 Å². The van der Waals surface area contributed by atoms with Gasteiger partial charge in [-0.1, -0.05) is 40.4 Å². The maximum atomic E-state index is 11.8. The van der Waals surface area contributed by atoms with Crippen molar-refractivity contribution in [1.82, 2.24) is 39.6 Å². The summed E-state index contributed by atoms with van der Waals surface area (Å²) in [5, 5.41) is 7.40. The summed E-state index contributed by atoms with van der Waals surface area (Å²) in [5.41, 5.74) is 4.99. The van der Waals surface area contributed by atoms with E-state index in [0.29, 0.717) is 28.1 Å². The summed E-state index contributed by atoms with van der Waals surface area (Å²) >= 11 is 13.3. The minimum absolute atomic E-state index is 0. The number of carbonyl (C=O) groups excluding carboxylic acids is 1. The predicted molar refractivity (Wildman–Crippen MR) is 186 cm³/mol. The zero-order valence-electron chi connectivity index (χ0n) is 27.4. The number of methoxy groups -OCH3 is 1. The number of carbonyl (C=O) groups is 1. The molecule has 15 heteroatoms. The monoisotopic (exact) mass is 753 g/mol. The average Bonchev–Trinajstić information content (AvgIpc) is 3.84. The molecule has 3 aliphatic rings. The van der Waals surface area contributed by atoms with Gasteiger partial charge in [-0.05, 0) is 42.5 Å². The molecular formula is C35H32Cl2MnN8O4. The fourth-order valence-electron chi connectivity index (χ4n) is 7.06. The summed E-state index contributed by atoms with van der Waals surface area (Å²) < 4.78 is 8.12. The van der Waals surface area contributed by atoms with Crippen molar-refractivity contribution in [2.45, 2.75) is 30.8 Å². The third-order valence-electron chi connectivity index (χ3n) is 9.53. The number of nitrogens with one attached hydrogen (secondary N) is 2. The molecule has 8 rings (SSSR count). The van der Waals surface area contributed by atoms with Gasteiger partial charge in [0.05, 0.1) is 24.0 Å². The minimum Gasteiger partial charge on any atom is -0.481 e. The van der Waals surface area contributed by atoms with E-state index in [0.717, 1.165) is 64.9 Å². The van der Waals surface area contributed by atoms with Crippen LogP contribution in [0.2, 0.25) is 10.0 Å². The zero-order chi connectivity index (χ0) is 34.4. The Bertz CT molecular complexity index is 2250. The van der Waals surface area contributed by atoms with Crippen molar-refractivity contribution < 1.29 is 26.6 Å². The van der Waals surface area contributed by atoms with E-state index in [-0.39, 0.29) is 40.1 Å². The largest absolute Gasteiger partial charge is 2.00 e. The van der Waals surface area contributed by atoms with Gasteiger partial charge in [0.25, 0.3) is 0 Å². The molecule has 1 spiro atoms. The quantitative estimate of drug-likeness (QED) is 0.207. The molecule has 2 aliphatic heterocycles. The second-order valence-electron chi connectivity index (χ2n) is 12.4. The summed E-state index contributed by atoms with van der Waals surface area (Å²) in [6.07, 6.45) is 6.65. The van der Waals surface area contributed by atoms with Crippen LogP contribution in [0.1, 0.15) is 30.0 Å². The van der Waals surface area contributed by atoms with E-state index in [1.165, 1.54) is 23.5 Å². The third kappa shape index (κ3) is 6.29. The van der Waals surface area contributed by atoms with E-state index in [4.69, 9.17) is 32.9 Å². The van der Waals surface area contributed by atoms with Gasteiger partial charge < -0.3 is 39.3 Å². The van der Waals surface area contributed by atoms with Crippen LogP contribution in [0, 0.1) is 12.3 Å². The topological polar surface area (TPSA) is 136 Å². The molecule has 2 N–H and O–H groups in total. The first kappa shape index (κ1) is 35.6.